The number of hydrogen-bond donors (Lipinski definition) is 2. The molecule has 0 aromatic rings. The molecule has 0 bridgehead atoms. The number of rotatable bonds is 4. The van der Waals surface area contributed by atoms with Crippen LogP contribution < -0.4 is 11.1 Å². The highest BCUT2D eigenvalue weighted by Crippen LogP contribution is 2.23. The van der Waals surface area contributed by atoms with Gasteiger partial charge in [0.2, 0.25) is 5.91 Å². The number of carbonyl (C=O) groups is 2. The maximum atomic E-state index is 11.7. The van der Waals surface area contributed by atoms with E-state index < -0.39 is 23.1 Å². The fourth-order valence-electron chi connectivity index (χ4n) is 1.78. The van der Waals surface area contributed by atoms with Crippen LogP contribution in [0.3, 0.4) is 0 Å². The van der Waals surface area contributed by atoms with Gasteiger partial charge in [0.15, 0.2) is 0 Å². The van der Waals surface area contributed by atoms with Crippen LogP contribution in [0.4, 0.5) is 4.79 Å². The van der Waals surface area contributed by atoms with E-state index in [-0.39, 0.29) is 13.1 Å². The number of hydrogen-bond acceptors (Lipinski definition) is 4. The third kappa shape index (κ3) is 3.35. The summed E-state index contributed by atoms with van der Waals surface area (Å²) in [6.45, 7) is 8.68. The number of carbonyl (C=O) groups excluding carboxylic acids is 2. The molecule has 6 heteroatoms. The molecule has 0 aliphatic carbocycles. The zero-order chi connectivity index (χ0) is 14.0. The molecule has 2 amide bonds. The van der Waals surface area contributed by atoms with Gasteiger partial charge in [-0.05, 0) is 33.7 Å². The minimum absolute atomic E-state index is 0.275. The highest BCUT2D eigenvalue weighted by Gasteiger charge is 2.50. The van der Waals surface area contributed by atoms with Gasteiger partial charge in [-0.2, -0.15) is 0 Å². The zero-order valence-corrected chi connectivity index (χ0v) is 11.6. The van der Waals surface area contributed by atoms with Crippen molar-refractivity contribution >= 4 is 12.0 Å². The lowest BCUT2D eigenvalue weighted by molar-refractivity contribution is -0.131. The topological polar surface area (TPSA) is 84.7 Å². The summed E-state index contributed by atoms with van der Waals surface area (Å²) >= 11 is 0. The number of amides is 2. The van der Waals surface area contributed by atoms with E-state index >= 15 is 0 Å². The van der Waals surface area contributed by atoms with Crippen LogP contribution in [-0.2, 0) is 9.53 Å². The van der Waals surface area contributed by atoms with Crippen LogP contribution in [0, 0.1) is 0 Å². The summed E-state index contributed by atoms with van der Waals surface area (Å²) in [7, 11) is 0. The monoisotopic (exact) mass is 257 g/mol. The first-order chi connectivity index (χ1) is 8.20. The van der Waals surface area contributed by atoms with Gasteiger partial charge in [-0.25, -0.2) is 4.79 Å². The number of likely N-dealkylation sites (tertiary alicyclic amines) is 1. The van der Waals surface area contributed by atoms with Crippen molar-refractivity contribution in [2.45, 2.75) is 45.3 Å². The molecular weight excluding hydrogens is 234 g/mol. The Hall–Kier alpha value is -1.30. The lowest BCUT2D eigenvalue weighted by atomic mass is 9.89. The third-order valence-corrected chi connectivity index (χ3v) is 2.76. The first-order valence-electron chi connectivity index (χ1n) is 6.23. The molecule has 1 heterocycles. The molecule has 0 unspecified atom stereocenters. The van der Waals surface area contributed by atoms with Crippen molar-refractivity contribution in [1.82, 2.24) is 10.2 Å². The number of primary amides is 1. The van der Waals surface area contributed by atoms with E-state index in [0.717, 1.165) is 6.42 Å². The summed E-state index contributed by atoms with van der Waals surface area (Å²) < 4.78 is 5.23. The molecule has 0 aromatic carbocycles. The Morgan fingerprint density at radius 2 is 1.94 bits per heavy atom. The molecule has 18 heavy (non-hydrogen) atoms. The highest BCUT2D eigenvalue weighted by molar-refractivity contribution is 5.88. The van der Waals surface area contributed by atoms with Crippen molar-refractivity contribution in [3.63, 3.8) is 0 Å². The maximum absolute atomic E-state index is 11.7. The molecule has 0 spiro atoms. The van der Waals surface area contributed by atoms with Crippen LogP contribution in [0.5, 0.6) is 0 Å². The SMILES string of the molecule is CCCNC1(C(N)=O)CN(C(=O)OC(C)(C)C)C1. The van der Waals surface area contributed by atoms with Gasteiger partial charge >= 0.3 is 6.09 Å². The minimum Gasteiger partial charge on any atom is -0.444 e. The van der Waals surface area contributed by atoms with E-state index in [1.165, 1.54) is 4.90 Å². The van der Waals surface area contributed by atoms with Crippen LogP contribution in [-0.4, -0.2) is 47.7 Å². The third-order valence-electron chi connectivity index (χ3n) is 2.76. The van der Waals surface area contributed by atoms with Crippen LogP contribution in [0.15, 0.2) is 0 Å². The normalized spacial score (nSPS) is 18.1. The van der Waals surface area contributed by atoms with Gasteiger partial charge in [-0.3, -0.25) is 4.79 Å². The summed E-state index contributed by atoms with van der Waals surface area (Å²) in [5.41, 5.74) is 4.07. The fraction of sp³-hybridized carbons (Fsp3) is 0.833. The van der Waals surface area contributed by atoms with E-state index in [1.54, 1.807) is 20.8 Å². The molecule has 1 saturated heterocycles. The Kier molecular flexibility index (Phi) is 4.21. The predicted octanol–water partition coefficient (Wildman–Crippen LogP) is 0.461. The molecule has 1 fully saturated rings. The summed E-state index contributed by atoms with van der Waals surface area (Å²) in [6, 6.07) is 0. The quantitative estimate of drug-likeness (QED) is 0.766. The molecule has 1 aliphatic heterocycles. The summed E-state index contributed by atoms with van der Waals surface area (Å²) in [5, 5.41) is 3.11. The van der Waals surface area contributed by atoms with E-state index in [9.17, 15) is 9.59 Å². The van der Waals surface area contributed by atoms with E-state index in [0.29, 0.717) is 6.54 Å². The Labute approximate surface area is 108 Å². The Morgan fingerprint density at radius 1 is 1.39 bits per heavy atom. The van der Waals surface area contributed by atoms with Gasteiger partial charge in [0.25, 0.3) is 0 Å². The number of ether oxygens (including phenoxy) is 1. The molecule has 0 aromatic heterocycles. The lowest BCUT2D eigenvalue weighted by Crippen LogP contribution is -2.76. The smallest absolute Gasteiger partial charge is 0.410 e. The second-order valence-corrected chi connectivity index (χ2v) is 5.71. The summed E-state index contributed by atoms with van der Waals surface area (Å²) in [6.07, 6.45) is 0.499. The van der Waals surface area contributed by atoms with Gasteiger partial charge in [0.1, 0.15) is 11.1 Å². The van der Waals surface area contributed by atoms with Crippen molar-refractivity contribution in [2.75, 3.05) is 19.6 Å². The predicted molar refractivity (Wildman–Crippen MR) is 68.0 cm³/mol. The van der Waals surface area contributed by atoms with Crippen molar-refractivity contribution in [1.29, 1.82) is 0 Å². The van der Waals surface area contributed by atoms with Crippen LogP contribution in [0.1, 0.15) is 34.1 Å². The molecule has 1 rings (SSSR count). The molecule has 0 atom stereocenters. The zero-order valence-electron chi connectivity index (χ0n) is 11.6. The molecule has 104 valence electrons. The molecular formula is C12H23N3O3. The van der Waals surface area contributed by atoms with Gasteiger partial charge in [-0.15, -0.1) is 0 Å². The highest BCUT2D eigenvalue weighted by atomic mass is 16.6. The second kappa shape index (κ2) is 5.14. The average molecular weight is 257 g/mol. The average Bonchev–Trinajstić information content (AvgIpc) is 2.12. The second-order valence-electron chi connectivity index (χ2n) is 5.71. The Morgan fingerprint density at radius 3 is 2.33 bits per heavy atom. The molecule has 1 aliphatic rings. The van der Waals surface area contributed by atoms with E-state index in [4.69, 9.17) is 10.5 Å². The largest absolute Gasteiger partial charge is 0.444 e. The fourth-order valence-corrected chi connectivity index (χ4v) is 1.78. The van der Waals surface area contributed by atoms with Crippen LogP contribution in [0.25, 0.3) is 0 Å². The summed E-state index contributed by atoms with van der Waals surface area (Å²) in [5.74, 6) is -0.421. The minimum atomic E-state index is -0.785. The van der Waals surface area contributed by atoms with Crippen LogP contribution in [0.2, 0.25) is 0 Å². The molecule has 6 nitrogen and oxygen atoms in total. The van der Waals surface area contributed by atoms with E-state index in [2.05, 4.69) is 5.32 Å². The van der Waals surface area contributed by atoms with Crippen molar-refractivity contribution in [3.8, 4) is 0 Å². The first-order valence-corrected chi connectivity index (χ1v) is 6.23. The van der Waals surface area contributed by atoms with Crippen molar-refractivity contribution in [3.05, 3.63) is 0 Å². The molecule has 0 radical (unpaired) electrons. The summed E-state index contributed by atoms with van der Waals surface area (Å²) in [4.78, 5) is 24.7. The van der Waals surface area contributed by atoms with Crippen LogP contribution >= 0.6 is 0 Å². The number of nitrogens with one attached hydrogen (secondary N) is 1. The Bertz CT molecular complexity index is 330. The number of nitrogens with two attached hydrogens (primary N) is 1. The van der Waals surface area contributed by atoms with Crippen molar-refractivity contribution in [2.24, 2.45) is 5.73 Å². The first kappa shape index (κ1) is 14.8. The van der Waals surface area contributed by atoms with E-state index in [1.807, 2.05) is 6.92 Å². The van der Waals surface area contributed by atoms with Gasteiger partial charge in [-0.1, -0.05) is 6.92 Å². The Balaban J connectivity index is 2.53. The lowest BCUT2D eigenvalue weighted by Gasteiger charge is -2.48. The van der Waals surface area contributed by atoms with Crippen molar-refractivity contribution < 1.29 is 14.3 Å². The molecule has 3 N–H and O–H groups in total. The van der Waals surface area contributed by atoms with Gasteiger partial charge < -0.3 is 20.7 Å². The maximum Gasteiger partial charge on any atom is 0.410 e. The van der Waals surface area contributed by atoms with Gasteiger partial charge in [0, 0.05) is 0 Å². The molecule has 0 saturated carbocycles. The standard InChI is InChI=1S/C12H23N3O3/c1-5-6-14-12(9(13)16)7-15(8-12)10(17)18-11(2,3)4/h14H,5-8H2,1-4H3,(H2,13,16). The number of nitrogens with zero attached hydrogens (tertiary/aromatic N) is 1. The van der Waals surface area contributed by atoms with Gasteiger partial charge in [0.05, 0.1) is 13.1 Å².